The van der Waals surface area contributed by atoms with Crippen LogP contribution in [-0.4, -0.2) is 27.2 Å². The highest BCUT2D eigenvalue weighted by atomic mass is 32.2. The summed E-state index contributed by atoms with van der Waals surface area (Å²) < 4.78 is 15.0. The summed E-state index contributed by atoms with van der Waals surface area (Å²) in [7, 11) is 0. The fourth-order valence-corrected chi connectivity index (χ4v) is 2.74. The van der Waals surface area contributed by atoms with Crippen LogP contribution < -0.4 is 5.43 Å². The third kappa shape index (κ3) is 2.33. The SMILES string of the molecule is Fc1cccc(CCc2nnc3n2NCCS3)c1. The second-order valence-electron chi connectivity index (χ2n) is 4.12. The minimum atomic E-state index is -0.190. The van der Waals surface area contributed by atoms with Crippen molar-refractivity contribution >= 4 is 11.8 Å². The first-order valence-corrected chi connectivity index (χ1v) is 6.87. The fourth-order valence-electron chi connectivity index (χ4n) is 1.96. The van der Waals surface area contributed by atoms with Crippen LogP contribution in [0.4, 0.5) is 4.39 Å². The van der Waals surface area contributed by atoms with E-state index in [1.165, 1.54) is 6.07 Å². The largest absolute Gasteiger partial charge is 0.321 e. The van der Waals surface area contributed by atoms with E-state index in [0.29, 0.717) is 0 Å². The van der Waals surface area contributed by atoms with Crippen molar-refractivity contribution < 1.29 is 4.39 Å². The molecule has 1 aromatic heterocycles. The Balaban J connectivity index is 1.72. The number of nitrogens with one attached hydrogen (secondary N) is 1. The van der Waals surface area contributed by atoms with Gasteiger partial charge >= 0.3 is 0 Å². The van der Waals surface area contributed by atoms with Gasteiger partial charge in [-0.25, -0.2) is 9.07 Å². The van der Waals surface area contributed by atoms with Crippen molar-refractivity contribution in [2.75, 3.05) is 17.7 Å². The molecule has 0 unspecified atom stereocenters. The summed E-state index contributed by atoms with van der Waals surface area (Å²) in [5.74, 6) is 1.73. The highest BCUT2D eigenvalue weighted by molar-refractivity contribution is 7.99. The van der Waals surface area contributed by atoms with E-state index in [1.54, 1.807) is 23.9 Å². The van der Waals surface area contributed by atoms with E-state index in [2.05, 4.69) is 15.6 Å². The summed E-state index contributed by atoms with van der Waals surface area (Å²) in [5.41, 5.74) is 4.24. The molecule has 4 nitrogen and oxygen atoms in total. The first kappa shape index (κ1) is 11.5. The van der Waals surface area contributed by atoms with Gasteiger partial charge in [0.15, 0.2) is 5.82 Å². The summed E-state index contributed by atoms with van der Waals surface area (Å²) in [5, 5.41) is 9.21. The Morgan fingerprint density at radius 3 is 3.17 bits per heavy atom. The Hall–Kier alpha value is -1.56. The highest BCUT2D eigenvalue weighted by Crippen LogP contribution is 2.19. The molecule has 18 heavy (non-hydrogen) atoms. The number of thioether (sulfide) groups is 1. The first-order chi connectivity index (χ1) is 8.83. The lowest BCUT2D eigenvalue weighted by atomic mass is 10.1. The van der Waals surface area contributed by atoms with E-state index in [9.17, 15) is 4.39 Å². The quantitative estimate of drug-likeness (QED) is 0.918. The normalized spacial score (nSPS) is 14.1. The van der Waals surface area contributed by atoms with Crippen LogP contribution in [0.3, 0.4) is 0 Å². The monoisotopic (exact) mass is 264 g/mol. The number of halogens is 1. The third-order valence-corrected chi connectivity index (χ3v) is 3.76. The van der Waals surface area contributed by atoms with Gasteiger partial charge in [0.1, 0.15) is 5.82 Å². The van der Waals surface area contributed by atoms with Crippen LogP contribution in [0.2, 0.25) is 0 Å². The predicted octanol–water partition coefficient (Wildman–Crippen LogP) is 1.85. The molecule has 1 N–H and O–H groups in total. The van der Waals surface area contributed by atoms with Crippen LogP contribution in [0.15, 0.2) is 29.4 Å². The number of hydrogen-bond donors (Lipinski definition) is 1. The fraction of sp³-hybridized carbons (Fsp3) is 0.333. The lowest BCUT2D eigenvalue weighted by molar-refractivity contribution is 0.624. The molecule has 0 amide bonds. The van der Waals surface area contributed by atoms with Gasteiger partial charge in [0.05, 0.1) is 0 Å². The number of rotatable bonds is 3. The molecule has 1 aliphatic rings. The minimum absolute atomic E-state index is 0.190. The standard InChI is InChI=1S/C12H13FN4S/c13-10-3-1-2-9(8-10)4-5-11-15-16-12-17(11)14-6-7-18-12/h1-3,8,14H,4-7H2. The summed E-state index contributed by atoms with van der Waals surface area (Å²) in [4.78, 5) is 0. The van der Waals surface area contributed by atoms with Crippen molar-refractivity contribution in [1.29, 1.82) is 0 Å². The third-order valence-electron chi connectivity index (χ3n) is 2.83. The average molecular weight is 264 g/mol. The summed E-state index contributed by atoms with van der Waals surface area (Å²) >= 11 is 1.70. The van der Waals surface area contributed by atoms with Crippen LogP contribution in [0.5, 0.6) is 0 Å². The molecule has 94 valence electrons. The van der Waals surface area contributed by atoms with Crippen LogP contribution in [0.25, 0.3) is 0 Å². The lowest BCUT2D eigenvalue weighted by Crippen LogP contribution is -2.25. The molecule has 1 aromatic carbocycles. The van der Waals surface area contributed by atoms with Gasteiger partial charge in [-0.1, -0.05) is 23.9 Å². The number of aryl methyl sites for hydroxylation is 2. The number of hydrogen-bond acceptors (Lipinski definition) is 4. The average Bonchev–Trinajstić information content (AvgIpc) is 2.80. The number of fused-ring (bicyclic) bond motifs is 1. The van der Waals surface area contributed by atoms with Crippen molar-refractivity contribution in [3.8, 4) is 0 Å². The van der Waals surface area contributed by atoms with Crippen molar-refractivity contribution in [2.45, 2.75) is 18.0 Å². The van der Waals surface area contributed by atoms with Gasteiger partial charge in [-0.3, -0.25) is 0 Å². The first-order valence-electron chi connectivity index (χ1n) is 5.88. The zero-order valence-electron chi connectivity index (χ0n) is 9.77. The summed E-state index contributed by atoms with van der Waals surface area (Å²) in [6, 6.07) is 6.69. The van der Waals surface area contributed by atoms with Crippen molar-refractivity contribution in [3.05, 3.63) is 41.5 Å². The Kier molecular flexibility index (Phi) is 3.19. The number of nitrogens with zero attached hydrogens (tertiary/aromatic N) is 3. The smallest absolute Gasteiger partial charge is 0.210 e. The van der Waals surface area contributed by atoms with E-state index in [1.807, 2.05) is 10.7 Å². The van der Waals surface area contributed by atoms with Crippen LogP contribution in [0, 0.1) is 5.82 Å². The van der Waals surface area contributed by atoms with Crippen LogP contribution in [-0.2, 0) is 12.8 Å². The Morgan fingerprint density at radius 2 is 2.28 bits per heavy atom. The Morgan fingerprint density at radius 1 is 1.33 bits per heavy atom. The van der Waals surface area contributed by atoms with Gasteiger partial charge in [-0.05, 0) is 24.1 Å². The van der Waals surface area contributed by atoms with E-state index in [4.69, 9.17) is 0 Å². The molecule has 0 spiro atoms. The molecular formula is C12H13FN4S. The van der Waals surface area contributed by atoms with Crippen molar-refractivity contribution in [1.82, 2.24) is 14.9 Å². The molecule has 0 saturated carbocycles. The van der Waals surface area contributed by atoms with Crippen LogP contribution >= 0.6 is 11.8 Å². The van der Waals surface area contributed by atoms with Gasteiger partial charge in [-0.2, -0.15) is 0 Å². The predicted molar refractivity (Wildman–Crippen MR) is 68.8 cm³/mol. The Labute approximate surface area is 109 Å². The van der Waals surface area contributed by atoms with Crippen molar-refractivity contribution in [2.24, 2.45) is 0 Å². The van der Waals surface area contributed by atoms with Crippen LogP contribution in [0.1, 0.15) is 11.4 Å². The zero-order valence-corrected chi connectivity index (χ0v) is 10.6. The number of aromatic nitrogens is 3. The maximum Gasteiger partial charge on any atom is 0.210 e. The summed E-state index contributed by atoms with van der Waals surface area (Å²) in [6.07, 6.45) is 1.52. The summed E-state index contributed by atoms with van der Waals surface area (Å²) in [6.45, 7) is 0.919. The molecule has 2 heterocycles. The molecule has 0 bridgehead atoms. The molecule has 1 aliphatic heterocycles. The molecule has 6 heteroatoms. The highest BCUT2D eigenvalue weighted by Gasteiger charge is 2.15. The molecule has 2 aromatic rings. The molecule has 0 saturated heterocycles. The van der Waals surface area contributed by atoms with E-state index in [-0.39, 0.29) is 5.82 Å². The second-order valence-corrected chi connectivity index (χ2v) is 5.18. The Bertz CT molecular complexity index is 555. The van der Waals surface area contributed by atoms with Crippen molar-refractivity contribution in [3.63, 3.8) is 0 Å². The molecule has 0 fully saturated rings. The molecule has 3 rings (SSSR count). The minimum Gasteiger partial charge on any atom is -0.321 e. The van der Waals surface area contributed by atoms with Gasteiger partial charge in [0.25, 0.3) is 0 Å². The van der Waals surface area contributed by atoms with Gasteiger partial charge in [0.2, 0.25) is 5.16 Å². The van der Waals surface area contributed by atoms with E-state index in [0.717, 1.165) is 41.7 Å². The van der Waals surface area contributed by atoms with E-state index < -0.39 is 0 Å². The maximum atomic E-state index is 13.1. The maximum absolute atomic E-state index is 13.1. The lowest BCUT2D eigenvalue weighted by Gasteiger charge is -2.16. The van der Waals surface area contributed by atoms with E-state index >= 15 is 0 Å². The second kappa shape index (κ2) is 4.97. The molecule has 0 atom stereocenters. The van der Waals surface area contributed by atoms with Gasteiger partial charge < -0.3 is 5.43 Å². The van der Waals surface area contributed by atoms with Gasteiger partial charge in [-0.15, -0.1) is 10.2 Å². The zero-order chi connectivity index (χ0) is 12.4. The van der Waals surface area contributed by atoms with Gasteiger partial charge in [0, 0.05) is 18.7 Å². The number of benzene rings is 1. The topological polar surface area (TPSA) is 42.7 Å². The molecular weight excluding hydrogens is 251 g/mol. The molecule has 0 radical (unpaired) electrons. The molecule has 0 aliphatic carbocycles.